The van der Waals surface area contributed by atoms with Crippen LogP contribution in [0.25, 0.3) is 16.7 Å². The fourth-order valence-corrected chi connectivity index (χ4v) is 3.58. The lowest BCUT2D eigenvalue weighted by atomic mass is 10.1. The van der Waals surface area contributed by atoms with Crippen LogP contribution in [0.1, 0.15) is 30.9 Å². The molecule has 0 radical (unpaired) electrons. The number of halogens is 1. The molecule has 0 bridgehead atoms. The van der Waals surface area contributed by atoms with Crippen molar-refractivity contribution in [2.24, 2.45) is 0 Å². The molecule has 1 heterocycles. The Morgan fingerprint density at radius 1 is 1.06 bits per heavy atom. The zero-order chi connectivity index (χ0) is 22.5. The van der Waals surface area contributed by atoms with Gasteiger partial charge in [0, 0.05) is 0 Å². The van der Waals surface area contributed by atoms with E-state index in [9.17, 15) is 4.79 Å². The van der Waals surface area contributed by atoms with Crippen LogP contribution in [0.2, 0.25) is 5.02 Å². The number of hydrogen-bond donors (Lipinski definition) is 1. The minimum Gasteiger partial charge on any atom is -0.483 e. The lowest BCUT2D eigenvalue weighted by Crippen LogP contribution is -2.20. The first kappa shape index (κ1) is 21.8. The molecule has 0 unspecified atom stereocenters. The molecule has 0 saturated carbocycles. The summed E-state index contributed by atoms with van der Waals surface area (Å²) in [7, 11) is 0. The summed E-state index contributed by atoms with van der Waals surface area (Å²) in [5.74, 6) is 0.373. The summed E-state index contributed by atoms with van der Waals surface area (Å²) >= 11 is 6.38. The SMILES string of the molecule is CCCCc1ccc(-n2nc3cc(Cl)c(NC(=O)COc4ccccc4C)cc3n2)cc1. The van der Waals surface area contributed by atoms with Gasteiger partial charge in [0.25, 0.3) is 5.91 Å². The summed E-state index contributed by atoms with van der Waals surface area (Å²) in [4.78, 5) is 14.0. The number of ether oxygens (including phenoxy) is 1. The number of anilines is 1. The third kappa shape index (κ3) is 5.08. The third-order valence-electron chi connectivity index (χ3n) is 5.18. The summed E-state index contributed by atoms with van der Waals surface area (Å²) in [6.07, 6.45) is 3.41. The van der Waals surface area contributed by atoms with E-state index in [1.165, 1.54) is 18.4 Å². The summed E-state index contributed by atoms with van der Waals surface area (Å²) < 4.78 is 5.61. The van der Waals surface area contributed by atoms with Crippen LogP contribution in [0, 0.1) is 6.92 Å². The zero-order valence-electron chi connectivity index (χ0n) is 18.1. The number of amides is 1. The fourth-order valence-electron chi connectivity index (χ4n) is 3.37. The fraction of sp³-hybridized carbons (Fsp3) is 0.240. The van der Waals surface area contributed by atoms with Crippen molar-refractivity contribution in [3.8, 4) is 11.4 Å². The smallest absolute Gasteiger partial charge is 0.262 e. The van der Waals surface area contributed by atoms with E-state index in [4.69, 9.17) is 16.3 Å². The molecule has 1 aromatic heterocycles. The first-order chi connectivity index (χ1) is 15.5. The standard InChI is InChI=1S/C25H25ClN4O2/c1-3-4-8-18-10-12-19(13-11-18)30-28-22-14-20(26)21(15-23(22)29-30)27-25(31)16-32-24-9-6-5-7-17(24)2/h5-7,9-15H,3-4,8,16H2,1-2H3,(H,27,31). The Morgan fingerprint density at radius 3 is 2.50 bits per heavy atom. The topological polar surface area (TPSA) is 69.0 Å². The number of hydrogen-bond acceptors (Lipinski definition) is 4. The first-order valence-corrected chi connectivity index (χ1v) is 11.1. The van der Waals surface area contributed by atoms with Crippen LogP contribution in [0.3, 0.4) is 0 Å². The number of fused-ring (bicyclic) bond motifs is 1. The van der Waals surface area contributed by atoms with Crippen molar-refractivity contribution in [2.75, 3.05) is 11.9 Å². The molecular formula is C25H25ClN4O2. The van der Waals surface area contributed by atoms with Gasteiger partial charge in [-0.25, -0.2) is 0 Å². The molecule has 1 N–H and O–H groups in total. The lowest BCUT2D eigenvalue weighted by molar-refractivity contribution is -0.118. The predicted octanol–water partition coefficient (Wildman–Crippen LogP) is 5.74. The Bertz CT molecular complexity index is 1230. The van der Waals surface area contributed by atoms with Crippen molar-refractivity contribution in [1.82, 2.24) is 15.0 Å². The second kappa shape index (κ2) is 9.83. The number of unbranched alkanes of at least 4 members (excludes halogenated alkanes) is 1. The summed E-state index contributed by atoms with van der Waals surface area (Å²) in [6.45, 7) is 4.00. The van der Waals surface area contributed by atoms with Crippen molar-refractivity contribution in [3.63, 3.8) is 0 Å². The van der Waals surface area contributed by atoms with E-state index in [0.717, 1.165) is 17.7 Å². The van der Waals surface area contributed by atoms with Crippen molar-refractivity contribution in [3.05, 3.63) is 76.8 Å². The largest absolute Gasteiger partial charge is 0.483 e. The number of para-hydroxylation sites is 1. The molecule has 4 aromatic rings. The first-order valence-electron chi connectivity index (χ1n) is 10.7. The molecule has 0 aliphatic carbocycles. The summed E-state index contributed by atoms with van der Waals surface area (Å²) in [5, 5.41) is 12.3. The van der Waals surface area contributed by atoms with Crippen LogP contribution in [-0.2, 0) is 11.2 Å². The second-order valence-electron chi connectivity index (χ2n) is 7.68. The summed E-state index contributed by atoms with van der Waals surface area (Å²) in [5.41, 5.74) is 4.90. The molecular weight excluding hydrogens is 424 g/mol. The highest BCUT2D eigenvalue weighted by molar-refractivity contribution is 6.34. The van der Waals surface area contributed by atoms with E-state index in [-0.39, 0.29) is 12.5 Å². The monoisotopic (exact) mass is 448 g/mol. The van der Waals surface area contributed by atoms with Gasteiger partial charge in [-0.15, -0.1) is 10.2 Å². The molecule has 7 heteroatoms. The van der Waals surface area contributed by atoms with Crippen LogP contribution < -0.4 is 10.1 Å². The average molecular weight is 449 g/mol. The van der Waals surface area contributed by atoms with Crippen LogP contribution in [0.5, 0.6) is 5.75 Å². The Labute approximate surface area is 192 Å². The Kier molecular flexibility index (Phi) is 6.71. The van der Waals surface area contributed by atoms with E-state index in [2.05, 4.69) is 34.6 Å². The Morgan fingerprint density at radius 2 is 1.78 bits per heavy atom. The van der Waals surface area contributed by atoms with E-state index < -0.39 is 0 Å². The van der Waals surface area contributed by atoms with Gasteiger partial charge in [0.05, 0.1) is 16.4 Å². The van der Waals surface area contributed by atoms with Crippen molar-refractivity contribution in [2.45, 2.75) is 33.1 Å². The number of aromatic nitrogens is 3. The summed E-state index contributed by atoms with van der Waals surface area (Å²) in [6, 6.07) is 19.2. The maximum absolute atomic E-state index is 12.4. The lowest BCUT2D eigenvalue weighted by Gasteiger charge is -2.10. The molecule has 0 saturated heterocycles. The highest BCUT2D eigenvalue weighted by Gasteiger charge is 2.12. The van der Waals surface area contributed by atoms with Crippen molar-refractivity contribution in [1.29, 1.82) is 0 Å². The van der Waals surface area contributed by atoms with Gasteiger partial charge >= 0.3 is 0 Å². The quantitative estimate of drug-likeness (QED) is 0.373. The highest BCUT2D eigenvalue weighted by Crippen LogP contribution is 2.27. The number of benzene rings is 3. The molecule has 0 spiro atoms. The maximum Gasteiger partial charge on any atom is 0.262 e. The molecule has 32 heavy (non-hydrogen) atoms. The predicted molar refractivity (Wildman–Crippen MR) is 128 cm³/mol. The van der Waals surface area contributed by atoms with Gasteiger partial charge in [-0.1, -0.05) is 55.3 Å². The van der Waals surface area contributed by atoms with Crippen LogP contribution >= 0.6 is 11.6 Å². The maximum atomic E-state index is 12.4. The van der Waals surface area contributed by atoms with Gasteiger partial charge in [-0.3, -0.25) is 4.79 Å². The number of nitrogens with zero attached hydrogens (tertiary/aromatic N) is 3. The molecule has 4 rings (SSSR count). The molecule has 0 aliphatic rings. The minimum atomic E-state index is -0.301. The zero-order valence-corrected chi connectivity index (χ0v) is 18.9. The van der Waals surface area contributed by atoms with E-state index in [1.807, 2.05) is 43.3 Å². The molecule has 1 amide bonds. The number of aryl methyl sites for hydroxylation is 2. The normalized spacial score (nSPS) is 11.0. The van der Waals surface area contributed by atoms with Gasteiger partial charge in [0.2, 0.25) is 0 Å². The second-order valence-corrected chi connectivity index (χ2v) is 8.09. The van der Waals surface area contributed by atoms with Gasteiger partial charge in [-0.05, 0) is 61.2 Å². The van der Waals surface area contributed by atoms with Gasteiger partial charge in [-0.2, -0.15) is 4.80 Å². The molecule has 0 aliphatic heterocycles. The van der Waals surface area contributed by atoms with Gasteiger partial charge < -0.3 is 10.1 Å². The van der Waals surface area contributed by atoms with E-state index >= 15 is 0 Å². The molecule has 0 fully saturated rings. The highest BCUT2D eigenvalue weighted by atomic mass is 35.5. The van der Waals surface area contributed by atoms with Crippen LogP contribution in [-0.4, -0.2) is 27.5 Å². The third-order valence-corrected chi connectivity index (χ3v) is 5.49. The number of nitrogens with one attached hydrogen (secondary N) is 1. The number of carbonyl (C=O) groups excluding carboxylic acids is 1. The minimum absolute atomic E-state index is 0.115. The molecule has 3 aromatic carbocycles. The van der Waals surface area contributed by atoms with E-state index in [1.54, 1.807) is 16.9 Å². The molecule has 6 nitrogen and oxygen atoms in total. The number of carbonyl (C=O) groups is 1. The molecule has 0 atom stereocenters. The number of rotatable bonds is 8. The van der Waals surface area contributed by atoms with Gasteiger partial charge in [0.15, 0.2) is 6.61 Å². The average Bonchev–Trinajstić information content (AvgIpc) is 3.20. The Balaban J connectivity index is 1.47. The Hall–Kier alpha value is -3.38. The molecule has 164 valence electrons. The van der Waals surface area contributed by atoms with Crippen molar-refractivity contribution >= 4 is 34.2 Å². The van der Waals surface area contributed by atoms with E-state index in [0.29, 0.717) is 27.5 Å². The van der Waals surface area contributed by atoms with Gasteiger partial charge in [0.1, 0.15) is 16.8 Å². The van der Waals surface area contributed by atoms with Crippen LogP contribution in [0.15, 0.2) is 60.7 Å². The van der Waals surface area contributed by atoms with Crippen LogP contribution in [0.4, 0.5) is 5.69 Å². The van der Waals surface area contributed by atoms with Crippen molar-refractivity contribution < 1.29 is 9.53 Å².